The SMILES string of the molecule is COc1ccc(/C=N\NC(=O)c2cc(C)n(-c3ccccc3)c2C)c(C(=O)O)c1OC. The molecule has 0 atom stereocenters. The minimum Gasteiger partial charge on any atom is -0.493 e. The Morgan fingerprint density at radius 1 is 1.06 bits per heavy atom. The number of hydrogen-bond donors (Lipinski definition) is 2. The van der Waals surface area contributed by atoms with Gasteiger partial charge in [0.15, 0.2) is 11.5 Å². The number of aromatic nitrogens is 1. The smallest absolute Gasteiger partial charge is 0.340 e. The third-order valence-corrected chi connectivity index (χ3v) is 4.85. The monoisotopic (exact) mass is 421 g/mol. The molecule has 3 aromatic rings. The number of carboxylic acid groups (broad SMARTS) is 1. The zero-order valence-corrected chi connectivity index (χ0v) is 17.7. The molecule has 0 unspecified atom stereocenters. The van der Waals surface area contributed by atoms with Crippen LogP contribution in [0.1, 0.15) is 37.7 Å². The van der Waals surface area contributed by atoms with E-state index in [0.29, 0.717) is 5.56 Å². The second-order valence-electron chi connectivity index (χ2n) is 6.73. The van der Waals surface area contributed by atoms with Crippen LogP contribution in [-0.2, 0) is 0 Å². The number of nitrogens with one attached hydrogen (secondary N) is 1. The molecule has 0 bridgehead atoms. The number of carbonyl (C=O) groups excluding carboxylic acids is 1. The normalized spacial score (nSPS) is 10.8. The molecule has 0 saturated carbocycles. The van der Waals surface area contributed by atoms with Crippen LogP contribution in [0.4, 0.5) is 0 Å². The van der Waals surface area contributed by atoms with Crippen LogP contribution in [0.5, 0.6) is 11.5 Å². The van der Waals surface area contributed by atoms with Gasteiger partial charge in [0.2, 0.25) is 0 Å². The van der Waals surface area contributed by atoms with Gasteiger partial charge in [-0.25, -0.2) is 10.2 Å². The van der Waals surface area contributed by atoms with E-state index >= 15 is 0 Å². The van der Waals surface area contributed by atoms with Gasteiger partial charge in [-0.05, 0) is 44.2 Å². The van der Waals surface area contributed by atoms with Gasteiger partial charge in [-0.2, -0.15) is 5.10 Å². The Kier molecular flexibility index (Phi) is 6.40. The van der Waals surface area contributed by atoms with Crippen molar-refractivity contribution in [1.29, 1.82) is 0 Å². The molecule has 8 nitrogen and oxygen atoms in total. The Labute approximate surface area is 179 Å². The Hall–Kier alpha value is -4.07. The number of carboxylic acids is 1. The number of amides is 1. The Bertz CT molecular complexity index is 1150. The maximum Gasteiger partial charge on any atom is 0.340 e. The number of aryl methyl sites for hydroxylation is 1. The van der Waals surface area contributed by atoms with E-state index in [1.165, 1.54) is 26.5 Å². The summed E-state index contributed by atoms with van der Waals surface area (Å²) >= 11 is 0. The first kappa shape index (κ1) is 21.6. The maximum absolute atomic E-state index is 12.7. The summed E-state index contributed by atoms with van der Waals surface area (Å²) in [5.74, 6) is -1.23. The van der Waals surface area contributed by atoms with Crippen molar-refractivity contribution in [3.05, 3.63) is 76.6 Å². The third kappa shape index (κ3) is 4.28. The second-order valence-corrected chi connectivity index (χ2v) is 6.73. The fraction of sp³-hybridized carbons (Fsp3) is 0.174. The van der Waals surface area contributed by atoms with Crippen LogP contribution >= 0.6 is 0 Å². The lowest BCUT2D eigenvalue weighted by Crippen LogP contribution is -2.18. The van der Waals surface area contributed by atoms with E-state index in [-0.39, 0.29) is 22.6 Å². The molecule has 3 rings (SSSR count). The Balaban J connectivity index is 1.86. The van der Waals surface area contributed by atoms with Crippen LogP contribution in [0.15, 0.2) is 53.6 Å². The first-order valence-electron chi connectivity index (χ1n) is 9.45. The minimum atomic E-state index is -1.20. The molecule has 160 valence electrons. The standard InChI is InChI=1S/C23H23N3O5/c1-14-12-18(15(2)26(14)17-8-6-5-7-9-17)22(27)25-24-13-16-10-11-19(30-3)21(31-4)20(16)23(28)29/h5-13H,1-4H3,(H,25,27)(H,28,29)/b24-13-. The van der Waals surface area contributed by atoms with Gasteiger partial charge in [-0.1, -0.05) is 18.2 Å². The summed E-state index contributed by atoms with van der Waals surface area (Å²) in [6.07, 6.45) is 1.26. The van der Waals surface area contributed by atoms with Crippen LogP contribution in [0.25, 0.3) is 5.69 Å². The summed E-state index contributed by atoms with van der Waals surface area (Å²) in [4.78, 5) is 24.4. The van der Waals surface area contributed by atoms with E-state index in [4.69, 9.17) is 9.47 Å². The number of hydrazone groups is 1. The number of methoxy groups -OCH3 is 2. The average molecular weight is 421 g/mol. The number of benzene rings is 2. The van der Waals surface area contributed by atoms with Crippen molar-refractivity contribution in [3.63, 3.8) is 0 Å². The second kappa shape index (κ2) is 9.17. The van der Waals surface area contributed by atoms with Gasteiger partial charge in [0.05, 0.1) is 26.0 Å². The highest BCUT2D eigenvalue weighted by molar-refractivity contribution is 6.02. The highest BCUT2D eigenvalue weighted by Gasteiger charge is 2.20. The first-order valence-corrected chi connectivity index (χ1v) is 9.45. The van der Waals surface area contributed by atoms with Gasteiger partial charge < -0.3 is 19.1 Å². The fourth-order valence-corrected chi connectivity index (χ4v) is 3.46. The molecule has 1 amide bonds. The maximum atomic E-state index is 12.7. The number of aromatic carboxylic acids is 1. The average Bonchev–Trinajstić information content (AvgIpc) is 3.07. The summed E-state index contributed by atoms with van der Waals surface area (Å²) in [5, 5.41) is 13.5. The number of nitrogens with zero attached hydrogens (tertiary/aromatic N) is 2. The lowest BCUT2D eigenvalue weighted by molar-refractivity contribution is 0.0692. The molecule has 31 heavy (non-hydrogen) atoms. The van der Waals surface area contributed by atoms with Crippen LogP contribution < -0.4 is 14.9 Å². The topological polar surface area (TPSA) is 102 Å². The Morgan fingerprint density at radius 2 is 1.77 bits per heavy atom. The fourth-order valence-electron chi connectivity index (χ4n) is 3.46. The largest absolute Gasteiger partial charge is 0.493 e. The van der Waals surface area contributed by atoms with E-state index in [0.717, 1.165) is 17.1 Å². The lowest BCUT2D eigenvalue weighted by Gasteiger charge is -2.12. The molecule has 1 aromatic heterocycles. The summed E-state index contributed by atoms with van der Waals surface area (Å²) in [6, 6.07) is 14.6. The van der Waals surface area contributed by atoms with Crippen LogP contribution in [-0.4, -0.2) is 42.0 Å². The molecule has 0 spiro atoms. The summed E-state index contributed by atoms with van der Waals surface area (Å²) in [6.45, 7) is 3.78. The van der Waals surface area contributed by atoms with Crippen molar-refractivity contribution < 1.29 is 24.2 Å². The zero-order valence-electron chi connectivity index (χ0n) is 17.7. The molecule has 0 fully saturated rings. The van der Waals surface area contributed by atoms with E-state index < -0.39 is 11.9 Å². The molecular formula is C23H23N3O5. The van der Waals surface area contributed by atoms with Crippen molar-refractivity contribution in [2.24, 2.45) is 5.10 Å². The zero-order chi connectivity index (χ0) is 22.5. The van der Waals surface area contributed by atoms with Gasteiger partial charge in [0.1, 0.15) is 5.56 Å². The number of ether oxygens (including phenoxy) is 2. The van der Waals surface area contributed by atoms with Crippen molar-refractivity contribution in [2.45, 2.75) is 13.8 Å². The quantitative estimate of drug-likeness (QED) is 0.449. The predicted molar refractivity (Wildman–Crippen MR) is 117 cm³/mol. The molecule has 0 aliphatic heterocycles. The van der Waals surface area contributed by atoms with Crippen molar-refractivity contribution in [3.8, 4) is 17.2 Å². The lowest BCUT2D eigenvalue weighted by atomic mass is 10.1. The van der Waals surface area contributed by atoms with Crippen LogP contribution in [0.3, 0.4) is 0 Å². The minimum absolute atomic E-state index is 0.0803. The molecular weight excluding hydrogens is 398 g/mol. The van der Waals surface area contributed by atoms with Crippen LogP contribution in [0.2, 0.25) is 0 Å². The summed E-state index contributed by atoms with van der Waals surface area (Å²) in [7, 11) is 2.78. The molecule has 0 saturated heterocycles. The van der Waals surface area contributed by atoms with E-state index in [1.54, 1.807) is 12.1 Å². The molecule has 2 N–H and O–H groups in total. The van der Waals surface area contributed by atoms with Crippen molar-refractivity contribution in [2.75, 3.05) is 14.2 Å². The summed E-state index contributed by atoms with van der Waals surface area (Å²) < 4.78 is 12.3. The predicted octanol–water partition coefficient (Wildman–Crippen LogP) is 3.57. The van der Waals surface area contributed by atoms with Gasteiger partial charge in [0.25, 0.3) is 5.91 Å². The molecule has 0 aliphatic rings. The van der Waals surface area contributed by atoms with Gasteiger partial charge in [0, 0.05) is 22.6 Å². The van der Waals surface area contributed by atoms with Crippen molar-refractivity contribution >= 4 is 18.1 Å². The number of rotatable bonds is 7. The van der Waals surface area contributed by atoms with Gasteiger partial charge in [-0.15, -0.1) is 0 Å². The number of para-hydroxylation sites is 1. The van der Waals surface area contributed by atoms with E-state index in [2.05, 4.69) is 10.5 Å². The molecule has 0 aliphatic carbocycles. The summed E-state index contributed by atoms with van der Waals surface area (Å²) in [5.41, 5.74) is 5.73. The Morgan fingerprint density at radius 3 is 2.39 bits per heavy atom. The molecule has 0 radical (unpaired) electrons. The van der Waals surface area contributed by atoms with Crippen molar-refractivity contribution in [1.82, 2.24) is 9.99 Å². The van der Waals surface area contributed by atoms with E-state index in [9.17, 15) is 14.7 Å². The first-order chi connectivity index (χ1) is 14.9. The third-order valence-electron chi connectivity index (χ3n) is 4.85. The molecule has 8 heteroatoms. The number of carbonyl (C=O) groups is 2. The van der Waals surface area contributed by atoms with Crippen LogP contribution in [0, 0.1) is 13.8 Å². The van der Waals surface area contributed by atoms with Gasteiger partial charge >= 0.3 is 5.97 Å². The van der Waals surface area contributed by atoms with E-state index in [1.807, 2.05) is 48.7 Å². The number of hydrogen-bond acceptors (Lipinski definition) is 5. The van der Waals surface area contributed by atoms with Gasteiger partial charge in [-0.3, -0.25) is 4.79 Å². The highest BCUT2D eigenvalue weighted by Crippen LogP contribution is 2.32. The molecule has 1 heterocycles. The molecule has 2 aromatic carbocycles. The highest BCUT2D eigenvalue weighted by atomic mass is 16.5.